The Morgan fingerprint density at radius 3 is 2.51 bits per heavy atom. The molecular weight excluding hydrogens is 508 g/mol. The molecule has 1 aliphatic rings. The van der Waals surface area contributed by atoms with Crippen LogP contribution in [0.4, 0.5) is 5.69 Å². The zero-order chi connectivity index (χ0) is 26.3. The summed E-state index contributed by atoms with van der Waals surface area (Å²) in [5.41, 5.74) is 5.15. The summed E-state index contributed by atoms with van der Waals surface area (Å²) in [6, 6.07) is 18.1. The van der Waals surface area contributed by atoms with E-state index in [1.807, 2.05) is 54.8 Å². The summed E-state index contributed by atoms with van der Waals surface area (Å²) in [4.78, 5) is 6.70. The molecule has 0 unspecified atom stereocenters. The lowest BCUT2D eigenvalue weighted by Gasteiger charge is -2.29. The minimum absolute atomic E-state index is 0.144. The summed E-state index contributed by atoms with van der Waals surface area (Å²) < 4.78 is 13.3. The molecule has 1 fully saturated rings. The molecule has 1 aliphatic heterocycles. The summed E-state index contributed by atoms with van der Waals surface area (Å²) in [5.74, 6) is 1.50. The smallest absolute Gasteiger partial charge is 0.174 e. The van der Waals surface area contributed by atoms with Crippen LogP contribution in [0.1, 0.15) is 34.7 Å². The fourth-order valence-electron chi connectivity index (χ4n) is 5.05. The summed E-state index contributed by atoms with van der Waals surface area (Å²) in [6.45, 7) is 4.03. The topological polar surface area (TPSA) is 71.8 Å². The number of hydrogen-bond donors (Lipinski definition) is 2. The average Bonchev–Trinajstić information content (AvgIpc) is 3.40. The van der Waals surface area contributed by atoms with E-state index in [4.69, 9.17) is 33.3 Å². The maximum absolute atomic E-state index is 10.7. The number of aromatic hydroxyl groups is 1. The van der Waals surface area contributed by atoms with E-state index < -0.39 is 0 Å². The molecule has 0 saturated carbocycles. The van der Waals surface area contributed by atoms with Crippen molar-refractivity contribution in [3.63, 3.8) is 0 Å². The Morgan fingerprint density at radius 1 is 1.00 bits per heavy atom. The van der Waals surface area contributed by atoms with Crippen LogP contribution in [0.2, 0.25) is 5.02 Å². The quantitative estimate of drug-likeness (QED) is 0.292. The number of aromatic nitrogens is 2. The van der Waals surface area contributed by atoms with Crippen molar-refractivity contribution >= 4 is 34.6 Å². The van der Waals surface area contributed by atoms with Gasteiger partial charge in [-0.25, -0.2) is 0 Å². The van der Waals surface area contributed by atoms with E-state index in [2.05, 4.69) is 21.3 Å². The molecule has 7 nitrogen and oxygen atoms in total. The van der Waals surface area contributed by atoms with E-state index in [0.717, 1.165) is 28.3 Å². The molecule has 0 spiro atoms. The molecule has 37 heavy (non-hydrogen) atoms. The first-order valence-corrected chi connectivity index (χ1v) is 12.5. The van der Waals surface area contributed by atoms with Gasteiger partial charge in [0.25, 0.3) is 0 Å². The molecule has 2 aromatic carbocycles. The van der Waals surface area contributed by atoms with Gasteiger partial charge >= 0.3 is 0 Å². The molecule has 1 saturated heterocycles. The van der Waals surface area contributed by atoms with Crippen LogP contribution >= 0.6 is 23.8 Å². The van der Waals surface area contributed by atoms with Crippen LogP contribution in [0.3, 0.4) is 0 Å². The SMILES string of the molecule is COc1ccc(OC)c(N2C(=S)N[C@@H](c3ccccn3)[C@@H]2c2cc(C)n(-c3cc(Cl)ccc3O)c2C)c1. The third kappa shape index (κ3) is 4.36. The maximum atomic E-state index is 10.7. The number of hydrogen-bond acceptors (Lipinski definition) is 5. The third-order valence-corrected chi connectivity index (χ3v) is 7.26. The Morgan fingerprint density at radius 2 is 1.81 bits per heavy atom. The van der Waals surface area contributed by atoms with Crippen LogP contribution in [-0.4, -0.2) is 34.0 Å². The number of pyridine rings is 1. The summed E-state index contributed by atoms with van der Waals surface area (Å²) in [7, 11) is 3.27. The minimum Gasteiger partial charge on any atom is -0.506 e. The van der Waals surface area contributed by atoms with E-state index in [-0.39, 0.29) is 17.8 Å². The number of methoxy groups -OCH3 is 2. The number of benzene rings is 2. The van der Waals surface area contributed by atoms with E-state index >= 15 is 0 Å². The molecule has 4 aromatic rings. The van der Waals surface area contributed by atoms with Crippen molar-refractivity contribution in [2.45, 2.75) is 25.9 Å². The number of halogens is 1. The number of rotatable bonds is 6. The lowest BCUT2D eigenvalue weighted by molar-refractivity contribution is 0.403. The molecule has 0 radical (unpaired) electrons. The van der Waals surface area contributed by atoms with E-state index in [1.165, 1.54) is 0 Å². The van der Waals surface area contributed by atoms with Gasteiger partial charge in [-0.1, -0.05) is 17.7 Å². The van der Waals surface area contributed by atoms with Gasteiger partial charge in [-0.2, -0.15) is 0 Å². The number of nitrogens with zero attached hydrogens (tertiary/aromatic N) is 3. The van der Waals surface area contributed by atoms with Crippen LogP contribution in [0.5, 0.6) is 17.2 Å². The van der Waals surface area contributed by atoms with Gasteiger partial charge < -0.3 is 29.4 Å². The highest BCUT2D eigenvalue weighted by Crippen LogP contribution is 2.47. The third-order valence-electron chi connectivity index (χ3n) is 6.71. The number of thiocarbonyl (C=S) groups is 1. The molecule has 2 aromatic heterocycles. The zero-order valence-corrected chi connectivity index (χ0v) is 22.5. The van der Waals surface area contributed by atoms with Crippen molar-refractivity contribution in [1.29, 1.82) is 0 Å². The van der Waals surface area contributed by atoms with Gasteiger partial charge in [0.05, 0.1) is 43.4 Å². The monoisotopic (exact) mass is 534 g/mol. The van der Waals surface area contributed by atoms with Gasteiger partial charge in [-0.05, 0) is 80.2 Å². The maximum Gasteiger partial charge on any atom is 0.174 e. The molecule has 0 bridgehead atoms. The molecule has 2 atom stereocenters. The number of nitrogens with one attached hydrogen (secondary N) is 1. The molecule has 0 aliphatic carbocycles. The van der Waals surface area contributed by atoms with Crippen molar-refractivity contribution in [3.05, 3.63) is 94.5 Å². The van der Waals surface area contributed by atoms with E-state index in [1.54, 1.807) is 38.6 Å². The second-order valence-corrected chi connectivity index (χ2v) is 9.65. The summed E-state index contributed by atoms with van der Waals surface area (Å²) in [5, 5.41) is 15.3. The van der Waals surface area contributed by atoms with E-state index in [0.29, 0.717) is 27.3 Å². The lowest BCUT2D eigenvalue weighted by atomic mass is 9.96. The Kier molecular flexibility index (Phi) is 6.70. The first-order valence-electron chi connectivity index (χ1n) is 11.7. The van der Waals surface area contributed by atoms with Crippen molar-refractivity contribution in [2.75, 3.05) is 19.1 Å². The molecule has 9 heteroatoms. The predicted molar refractivity (Wildman–Crippen MR) is 149 cm³/mol. The normalized spacial score (nSPS) is 17.1. The highest BCUT2D eigenvalue weighted by molar-refractivity contribution is 7.80. The van der Waals surface area contributed by atoms with Gasteiger partial charge in [-0.3, -0.25) is 4.98 Å². The van der Waals surface area contributed by atoms with Gasteiger partial charge in [0, 0.05) is 28.7 Å². The van der Waals surface area contributed by atoms with Gasteiger partial charge in [0.2, 0.25) is 0 Å². The number of phenols is 1. The highest BCUT2D eigenvalue weighted by atomic mass is 35.5. The summed E-state index contributed by atoms with van der Waals surface area (Å²) >= 11 is 12.2. The Balaban J connectivity index is 1.73. The van der Waals surface area contributed by atoms with Crippen LogP contribution < -0.4 is 19.7 Å². The van der Waals surface area contributed by atoms with Crippen molar-refractivity contribution in [2.24, 2.45) is 0 Å². The molecule has 3 heterocycles. The summed E-state index contributed by atoms with van der Waals surface area (Å²) in [6.07, 6.45) is 1.78. The van der Waals surface area contributed by atoms with Crippen molar-refractivity contribution < 1.29 is 14.6 Å². The minimum atomic E-state index is -0.273. The molecular formula is C28H27ClN4O3S. The number of anilines is 1. The van der Waals surface area contributed by atoms with Crippen molar-refractivity contribution in [1.82, 2.24) is 14.9 Å². The number of phenolic OH excluding ortho intramolecular Hbond substituents is 1. The van der Waals surface area contributed by atoms with Gasteiger partial charge in [0.1, 0.15) is 17.2 Å². The van der Waals surface area contributed by atoms with Crippen LogP contribution in [0, 0.1) is 13.8 Å². The largest absolute Gasteiger partial charge is 0.506 e. The van der Waals surface area contributed by atoms with Crippen LogP contribution in [-0.2, 0) is 0 Å². The Bertz CT molecular complexity index is 1470. The van der Waals surface area contributed by atoms with Gasteiger partial charge in [-0.15, -0.1) is 0 Å². The van der Waals surface area contributed by atoms with E-state index in [9.17, 15) is 5.11 Å². The highest BCUT2D eigenvalue weighted by Gasteiger charge is 2.43. The van der Waals surface area contributed by atoms with Crippen molar-refractivity contribution in [3.8, 4) is 22.9 Å². The molecule has 190 valence electrons. The second-order valence-electron chi connectivity index (χ2n) is 8.83. The number of ether oxygens (including phenoxy) is 2. The van der Waals surface area contributed by atoms with Crippen LogP contribution in [0.15, 0.2) is 66.9 Å². The molecule has 0 amide bonds. The number of aryl methyl sites for hydroxylation is 1. The first-order chi connectivity index (χ1) is 17.8. The second kappa shape index (κ2) is 9.95. The van der Waals surface area contributed by atoms with Gasteiger partial charge in [0.15, 0.2) is 5.11 Å². The Hall–Kier alpha value is -3.75. The standard InChI is InChI=1S/C28H27ClN4O3S/c1-16-13-20(17(2)32(16)22-14-18(29)8-10-24(22)34)27-26(21-7-5-6-12-30-21)31-28(37)33(27)23-15-19(35-3)9-11-25(23)36-4/h5-15,26-27,34H,1-4H3,(H,31,37)/t26-,27-/m0/s1. The average molecular weight is 535 g/mol. The lowest BCUT2D eigenvalue weighted by Crippen LogP contribution is -2.30. The fraction of sp³-hybridized carbons (Fsp3) is 0.214. The Labute approximate surface area is 226 Å². The van der Waals surface area contributed by atoms with Crippen LogP contribution in [0.25, 0.3) is 5.69 Å². The molecule has 2 N–H and O–H groups in total. The first kappa shape index (κ1) is 24.9. The molecule has 5 rings (SSSR count). The fourth-order valence-corrected chi connectivity index (χ4v) is 5.55. The predicted octanol–water partition coefficient (Wildman–Crippen LogP) is 6.04. The zero-order valence-electron chi connectivity index (χ0n) is 20.9.